The lowest BCUT2D eigenvalue weighted by Gasteiger charge is -2.20. The van der Waals surface area contributed by atoms with Crippen LogP contribution in [-0.4, -0.2) is 6.04 Å². The molecule has 1 fully saturated rings. The van der Waals surface area contributed by atoms with Gasteiger partial charge in [-0.1, -0.05) is 18.9 Å². The first-order chi connectivity index (χ1) is 8.16. The minimum Gasteiger partial charge on any atom is -0.310 e. The van der Waals surface area contributed by atoms with Gasteiger partial charge in [-0.15, -0.1) is 0 Å². The normalized spacial score (nSPS) is 18.5. The number of rotatable bonds is 4. The Kier molecular flexibility index (Phi) is 4.57. The van der Waals surface area contributed by atoms with Crippen molar-refractivity contribution in [2.24, 2.45) is 5.92 Å². The van der Waals surface area contributed by atoms with Gasteiger partial charge in [-0.05, 0) is 59.3 Å². The average Bonchev–Trinajstić information content (AvgIpc) is 2.84. The Labute approximate surface area is 111 Å². The van der Waals surface area contributed by atoms with E-state index >= 15 is 0 Å². The Morgan fingerprint density at radius 2 is 2.12 bits per heavy atom. The lowest BCUT2D eigenvalue weighted by molar-refractivity contribution is 0.380. The van der Waals surface area contributed by atoms with Crippen LogP contribution in [0.2, 0.25) is 0 Å². The molecule has 0 bridgehead atoms. The van der Waals surface area contributed by atoms with Crippen LogP contribution in [0.5, 0.6) is 0 Å². The van der Waals surface area contributed by atoms with E-state index in [-0.39, 0.29) is 5.82 Å². The molecule has 0 unspecified atom stereocenters. The molecule has 1 saturated carbocycles. The van der Waals surface area contributed by atoms with E-state index in [1.54, 1.807) is 0 Å². The molecular formula is C14H19BrFN. The molecule has 0 amide bonds. The molecule has 3 heteroatoms. The van der Waals surface area contributed by atoms with Crippen LogP contribution < -0.4 is 5.32 Å². The van der Waals surface area contributed by atoms with Gasteiger partial charge in [0.15, 0.2) is 0 Å². The Morgan fingerprint density at radius 3 is 2.76 bits per heavy atom. The highest BCUT2D eigenvalue weighted by atomic mass is 79.9. The number of hydrogen-bond donors (Lipinski definition) is 1. The second-order valence-electron chi connectivity index (χ2n) is 4.96. The van der Waals surface area contributed by atoms with Crippen LogP contribution in [0.4, 0.5) is 4.39 Å². The van der Waals surface area contributed by atoms with Gasteiger partial charge in [-0.2, -0.15) is 0 Å². The molecule has 0 saturated heterocycles. The maximum atomic E-state index is 13.1. The first-order valence-electron chi connectivity index (χ1n) is 6.34. The molecule has 1 aromatic carbocycles. The summed E-state index contributed by atoms with van der Waals surface area (Å²) >= 11 is 3.22. The van der Waals surface area contributed by atoms with Crippen molar-refractivity contribution >= 4 is 15.9 Å². The second-order valence-corrected chi connectivity index (χ2v) is 5.82. The van der Waals surface area contributed by atoms with Gasteiger partial charge in [0.05, 0.1) is 4.47 Å². The van der Waals surface area contributed by atoms with Crippen molar-refractivity contribution in [2.45, 2.75) is 45.2 Å². The second kappa shape index (κ2) is 5.96. The summed E-state index contributed by atoms with van der Waals surface area (Å²) in [5.41, 5.74) is 1.13. The van der Waals surface area contributed by atoms with Crippen molar-refractivity contribution in [2.75, 3.05) is 0 Å². The lowest BCUT2D eigenvalue weighted by Crippen LogP contribution is -2.31. The molecule has 0 spiro atoms. The summed E-state index contributed by atoms with van der Waals surface area (Å²) in [5.74, 6) is 0.622. The summed E-state index contributed by atoms with van der Waals surface area (Å²) in [6.07, 6.45) is 5.44. The summed E-state index contributed by atoms with van der Waals surface area (Å²) in [4.78, 5) is 0. The van der Waals surface area contributed by atoms with Crippen LogP contribution in [0.15, 0.2) is 22.7 Å². The standard InChI is InChI=1S/C14H19BrFN/c1-10(12-4-2-3-5-12)17-9-11-6-7-14(16)13(15)8-11/h6-8,10,12,17H,2-5,9H2,1H3/t10-/m0/s1. The van der Waals surface area contributed by atoms with Crippen LogP contribution >= 0.6 is 15.9 Å². The Hall–Kier alpha value is -0.410. The van der Waals surface area contributed by atoms with Gasteiger partial charge in [-0.25, -0.2) is 4.39 Å². The molecule has 1 aliphatic rings. The zero-order chi connectivity index (χ0) is 12.3. The zero-order valence-electron chi connectivity index (χ0n) is 10.2. The predicted molar refractivity (Wildman–Crippen MR) is 72.4 cm³/mol. The van der Waals surface area contributed by atoms with Gasteiger partial charge in [0, 0.05) is 12.6 Å². The molecule has 0 radical (unpaired) electrons. The highest BCUT2D eigenvalue weighted by Gasteiger charge is 2.20. The molecule has 0 aliphatic heterocycles. The zero-order valence-corrected chi connectivity index (χ0v) is 11.8. The maximum absolute atomic E-state index is 13.1. The third kappa shape index (κ3) is 3.52. The third-order valence-corrected chi connectivity index (χ3v) is 4.33. The summed E-state index contributed by atoms with van der Waals surface area (Å²) in [7, 11) is 0. The van der Waals surface area contributed by atoms with Crippen molar-refractivity contribution in [3.05, 3.63) is 34.1 Å². The molecule has 0 heterocycles. The van der Waals surface area contributed by atoms with E-state index in [0.29, 0.717) is 10.5 Å². The summed E-state index contributed by atoms with van der Waals surface area (Å²) in [5, 5.41) is 3.54. The third-order valence-electron chi connectivity index (χ3n) is 3.72. The minimum atomic E-state index is -0.197. The van der Waals surface area contributed by atoms with Crippen LogP contribution in [0.3, 0.4) is 0 Å². The largest absolute Gasteiger partial charge is 0.310 e. The highest BCUT2D eigenvalue weighted by molar-refractivity contribution is 9.10. The van der Waals surface area contributed by atoms with E-state index < -0.39 is 0 Å². The van der Waals surface area contributed by atoms with Gasteiger partial charge < -0.3 is 5.32 Å². The van der Waals surface area contributed by atoms with E-state index in [1.807, 2.05) is 12.1 Å². The van der Waals surface area contributed by atoms with E-state index in [4.69, 9.17) is 0 Å². The fourth-order valence-corrected chi connectivity index (χ4v) is 2.98. The Morgan fingerprint density at radius 1 is 1.41 bits per heavy atom. The van der Waals surface area contributed by atoms with Gasteiger partial charge in [0.2, 0.25) is 0 Å². The molecular weight excluding hydrogens is 281 g/mol. The van der Waals surface area contributed by atoms with Gasteiger partial charge >= 0.3 is 0 Å². The SMILES string of the molecule is C[C@H](NCc1ccc(F)c(Br)c1)C1CCCC1. The lowest BCUT2D eigenvalue weighted by atomic mass is 9.99. The quantitative estimate of drug-likeness (QED) is 0.876. The summed E-state index contributed by atoms with van der Waals surface area (Å²) in [6, 6.07) is 5.76. The molecule has 1 aliphatic carbocycles. The molecule has 1 aromatic rings. The topological polar surface area (TPSA) is 12.0 Å². The van der Waals surface area contributed by atoms with Crippen LogP contribution in [0.25, 0.3) is 0 Å². The van der Waals surface area contributed by atoms with E-state index in [9.17, 15) is 4.39 Å². The number of halogens is 2. The van der Waals surface area contributed by atoms with Gasteiger partial charge in [0.1, 0.15) is 5.82 Å². The predicted octanol–water partition coefficient (Wildman–Crippen LogP) is 4.26. The molecule has 1 nitrogen and oxygen atoms in total. The molecule has 94 valence electrons. The van der Waals surface area contributed by atoms with Crippen LogP contribution in [0.1, 0.15) is 38.2 Å². The van der Waals surface area contributed by atoms with Crippen molar-refractivity contribution < 1.29 is 4.39 Å². The summed E-state index contributed by atoms with van der Waals surface area (Å²) in [6.45, 7) is 3.07. The molecule has 1 atom stereocenters. The van der Waals surface area contributed by atoms with E-state index in [0.717, 1.165) is 18.0 Å². The highest BCUT2D eigenvalue weighted by Crippen LogP contribution is 2.27. The van der Waals surface area contributed by atoms with Gasteiger partial charge in [-0.3, -0.25) is 0 Å². The van der Waals surface area contributed by atoms with Crippen molar-refractivity contribution in [3.63, 3.8) is 0 Å². The fourth-order valence-electron chi connectivity index (χ4n) is 2.55. The maximum Gasteiger partial charge on any atom is 0.137 e. The smallest absolute Gasteiger partial charge is 0.137 e. The minimum absolute atomic E-state index is 0.197. The molecule has 17 heavy (non-hydrogen) atoms. The Balaban J connectivity index is 1.86. The first kappa shape index (κ1) is 13.0. The Bertz CT molecular complexity index is 374. The van der Waals surface area contributed by atoms with Crippen LogP contribution in [0, 0.1) is 11.7 Å². The van der Waals surface area contributed by atoms with Crippen LogP contribution in [-0.2, 0) is 6.54 Å². The van der Waals surface area contributed by atoms with E-state index in [2.05, 4.69) is 28.2 Å². The summed E-state index contributed by atoms with van der Waals surface area (Å²) < 4.78 is 13.6. The van der Waals surface area contributed by atoms with E-state index in [1.165, 1.54) is 31.7 Å². The molecule has 0 aromatic heterocycles. The number of hydrogen-bond acceptors (Lipinski definition) is 1. The van der Waals surface area contributed by atoms with Crippen molar-refractivity contribution in [1.82, 2.24) is 5.32 Å². The van der Waals surface area contributed by atoms with Gasteiger partial charge in [0.25, 0.3) is 0 Å². The molecule has 1 N–H and O–H groups in total. The monoisotopic (exact) mass is 299 g/mol. The number of benzene rings is 1. The fraction of sp³-hybridized carbons (Fsp3) is 0.571. The van der Waals surface area contributed by atoms with Crippen molar-refractivity contribution in [1.29, 1.82) is 0 Å². The molecule has 2 rings (SSSR count). The first-order valence-corrected chi connectivity index (χ1v) is 7.13. The average molecular weight is 300 g/mol. The van der Waals surface area contributed by atoms with Crippen molar-refractivity contribution in [3.8, 4) is 0 Å². The number of nitrogens with one attached hydrogen (secondary N) is 1.